The highest BCUT2D eigenvalue weighted by atomic mass is 16.5. The summed E-state index contributed by atoms with van der Waals surface area (Å²) in [6.07, 6.45) is 3.53. The Bertz CT molecular complexity index is 984. The fourth-order valence-corrected chi connectivity index (χ4v) is 4.52. The number of hydrogen-bond acceptors (Lipinski definition) is 6. The zero-order valence-corrected chi connectivity index (χ0v) is 21.7. The van der Waals surface area contributed by atoms with Crippen molar-refractivity contribution in [2.24, 2.45) is 0 Å². The van der Waals surface area contributed by atoms with E-state index in [1.807, 2.05) is 30.3 Å². The van der Waals surface area contributed by atoms with Crippen molar-refractivity contribution in [1.82, 2.24) is 9.80 Å². The van der Waals surface area contributed by atoms with E-state index in [0.717, 1.165) is 69.9 Å². The number of nitrogens with zero attached hydrogens (tertiary/aromatic N) is 3. The monoisotopic (exact) mass is 480 g/mol. The Morgan fingerprint density at radius 3 is 2.43 bits per heavy atom. The number of carbonyl (C=O) groups is 2. The number of rotatable bonds is 11. The standard InChI is InChI=1S/C28H40N4O3/c1-5-31(6-2)18-17-30(3)21-22-11-10-12-23(19-22)27(33)29-26-14-13-24(20-25(26)28(34)35-4)32-15-8-7-9-16-32/h10-14,19-20H,5-9,15-18,21H2,1-4H3,(H,29,33). The van der Waals surface area contributed by atoms with Gasteiger partial charge in [-0.1, -0.05) is 26.0 Å². The average Bonchev–Trinajstić information content (AvgIpc) is 2.89. The number of piperidine rings is 1. The van der Waals surface area contributed by atoms with Crippen LogP contribution in [0.2, 0.25) is 0 Å². The fraction of sp³-hybridized carbons (Fsp3) is 0.500. The number of hydrogen-bond donors (Lipinski definition) is 1. The van der Waals surface area contributed by atoms with Gasteiger partial charge in [-0.2, -0.15) is 0 Å². The molecule has 1 heterocycles. The Morgan fingerprint density at radius 1 is 1.00 bits per heavy atom. The third kappa shape index (κ3) is 7.54. The van der Waals surface area contributed by atoms with Gasteiger partial charge >= 0.3 is 5.97 Å². The first-order valence-electron chi connectivity index (χ1n) is 12.7. The maximum absolute atomic E-state index is 13.1. The Labute approximate surface area is 210 Å². The molecule has 1 N–H and O–H groups in total. The van der Waals surface area contributed by atoms with E-state index in [1.165, 1.54) is 13.5 Å². The van der Waals surface area contributed by atoms with Crippen LogP contribution in [0.4, 0.5) is 11.4 Å². The Balaban J connectivity index is 1.70. The number of benzene rings is 2. The summed E-state index contributed by atoms with van der Waals surface area (Å²) in [6.45, 7) is 11.2. The summed E-state index contributed by atoms with van der Waals surface area (Å²) >= 11 is 0. The van der Waals surface area contributed by atoms with Crippen molar-refractivity contribution < 1.29 is 14.3 Å². The van der Waals surface area contributed by atoms with Gasteiger partial charge in [0.2, 0.25) is 0 Å². The summed E-state index contributed by atoms with van der Waals surface area (Å²) in [5.74, 6) is -0.698. The van der Waals surface area contributed by atoms with Crippen molar-refractivity contribution in [3.63, 3.8) is 0 Å². The molecule has 190 valence electrons. The third-order valence-corrected chi connectivity index (χ3v) is 6.71. The minimum atomic E-state index is -0.456. The van der Waals surface area contributed by atoms with Crippen LogP contribution in [0.25, 0.3) is 0 Å². The van der Waals surface area contributed by atoms with Gasteiger partial charge in [0.1, 0.15) is 0 Å². The van der Waals surface area contributed by atoms with Crippen molar-refractivity contribution in [1.29, 1.82) is 0 Å². The minimum Gasteiger partial charge on any atom is -0.465 e. The van der Waals surface area contributed by atoms with Crippen molar-refractivity contribution in [2.75, 3.05) is 63.6 Å². The molecule has 0 aromatic heterocycles. The largest absolute Gasteiger partial charge is 0.465 e. The molecule has 1 aliphatic rings. The molecule has 0 saturated carbocycles. The fourth-order valence-electron chi connectivity index (χ4n) is 4.52. The molecule has 2 aromatic carbocycles. The number of methoxy groups -OCH3 is 1. The second-order valence-corrected chi connectivity index (χ2v) is 9.19. The molecule has 1 fully saturated rings. The molecule has 2 aromatic rings. The van der Waals surface area contributed by atoms with E-state index in [9.17, 15) is 9.59 Å². The molecule has 1 saturated heterocycles. The van der Waals surface area contributed by atoms with Crippen LogP contribution in [0.1, 0.15) is 59.4 Å². The van der Waals surface area contributed by atoms with Gasteiger partial charge in [0, 0.05) is 44.0 Å². The van der Waals surface area contributed by atoms with E-state index in [0.29, 0.717) is 16.8 Å². The zero-order chi connectivity index (χ0) is 25.2. The maximum Gasteiger partial charge on any atom is 0.340 e. The van der Waals surface area contributed by atoms with Crippen LogP contribution in [-0.4, -0.2) is 75.1 Å². The Morgan fingerprint density at radius 2 is 1.74 bits per heavy atom. The molecule has 0 aliphatic carbocycles. The van der Waals surface area contributed by atoms with Gasteiger partial charge in [0.05, 0.1) is 18.4 Å². The molecule has 0 atom stereocenters. The van der Waals surface area contributed by atoms with Crippen LogP contribution in [0, 0.1) is 0 Å². The maximum atomic E-state index is 13.1. The number of nitrogens with one attached hydrogen (secondary N) is 1. The summed E-state index contributed by atoms with van der Waals surface area (Å²) in [6, 6.07) is 13.3. The molecular formula is C28H40N4O3. The molecule has 7 heteroatoms. The Kier molecular flexibility index (Phi) is 10.1. The molecule has 1 aliphatic heterocycles. The first-order chi connectivity index (χ1) is 16.9. The lowest BCUT2D eigenvalue weighted by Gasteiger charge is -2.29. The van der Waals surface area contributed by atoms with Crippen LogP contribution in [0.5, 0.6) is 0 Å². The molecule has 3 rings (SSSR count). The number of amides is 1. The highest BCUT2D eigenvalue weighted by molar-refractivity contribution is 6.08. The third-order valence-electron chi connectivity index (χ3n) is 6.71. The van der Waals surface area contributed by atoms with Crippen LogP contribution in [-0.2, 0) is 11.3 Å². The van der Waals surface area contributed by atoms with E-state index >= 15 is 0 Å². The predicted octanol–water partition coefficient (Wildman–Crippen LogP) is 4.49. The Hall–Kier alpha value is -2.90. The predicted molar refractivity (Wildman–Crippen MR) is 142 cm³/mol. The number of carbonyl (C=O) groups excluding carboxylic acids is 2. The van der Waals surface area contributed by atoms with Gasteiger partial charge in [-0.15, -0.1) is 0 Å². The van der Waals surface area contributed by atoms with E-state index in [2.05, 4.69) is 40.9 Å². The second-order valence-electron chi connectivity index (χ2n) is 9.19. The van der Waals surface area contributed by atoms with Gasteiger partial charge < -0.3 is 24.8 Å². The normalized spacial score (nSPS) is 13.8. The topological polar surface area (TPSA) is 65.1 Å². The number of anilines is 2. The second kappa shape index (κ2) is 13.3. The summed E-state index contributed by atoms with van der Waals surface area (Å²) in [5, 5.41) is 2.93. The average molecular weight is 481 g/mol. The highest BCUT2D eigenvalue weighted by Gasteiger charge is 2.19. The van der Waals surface area contributed by atoms with Crippen molar-refractivity contribution >= 4 is 23.3 Å². The lowest BCUT2D eigenvalue weighted by atomic mass is 10.1. The minimum absolute atomic E-state index is 0.242. The molecule has 0 bridgehead atoms. The van der Waals surface area contributed by atoms with Crippen molar-refractivity contribution in [2.45, 2.75) is 39.7 Å². The quantitative estimate of drug-likeness (QED) is 0.478. The van der Waals surface area contributed by atoms with E-state index in [-0.39, 0.29) is 5.91 Å². The number of esters is 1. The molecule has 0 unspecified atom stereocenters. The summed E-state index contributed by atoms with van der Waals surface area (Å²) < 4.78 is 5.01. The van der Waals surface area contributed by atoms with Crippen LogP contribution in [0.15, 0.2) is 42.5 Å². The van der Waals surface area contributed by atoms with Crippen LogP contribution in [0.3, 0.4) is 0 Å². The van der Waals surface area contributed by atoms with Gasteiger partial charge in [0.15, 0.2) is 0 Å². The summed E-state index contributed by atoms with van der Waals surface area (Å²) in [5.41, 5.74) is 3.46. The summed E-state index contributed by atoms with van der Waals surface area (Å²) in [4.78, 5) is 32.6. The summed E-state index contributed by atoms with van der Waals surface area (Å²) in [7, 11) is 3.46. The van der Waals surface area contributed by atoms with Crippen LogP contribution >= 0.6 is 0 Å². The van der Waals surface area contributed by atoms with Crippen molar-refractivity contribution in [3.05, 3.63) is 59.2 Å². The molecular weight excluding hydrogens is 440 g/mol. The first-order valence-corrected chi connectivity index (χ1v) is 12.7. The molecule has 1 amide bonds. The zero-order valence-electron chi connectivity index (χ0n) is 21.7. The van der Waals surface area contributed by atoms with Gasteiger partial charge in [-0.3, -0.25) is 4.79 Å². The SMILES string of the molecule is CCN(CC)CCN(C)Cc1cccc(C(=O)Nc2ccc(N3CCCCC3)cc2C(=O)OC)c1. The van der Waals surface area contributed by atoms with Crippen molar-refractivity contribution in [3.8, 4) is 0 Å². The lowest BCUT2D eigenvalue weighted by Crippen LogP contribution is -2.32. The van der Waals surface area contributed by atoms with Gasteiger partial charge in [0.25, 0.3) is 5.91 Å². The van der Waals surface area contributed by atoms with E-state index in [4.69, 9.17) is 4.74 Å². The smallest absolute Gasteiger partial charge is 0.340 e. The van der Waals surface area contributed by atoms with E-state index in [1.54, 1.807) is 12.1 Å². The number of ether oxygens (including phenoxy) is 1. The van der Waals surface area contributed by atoms with Crippen LogP contribution < -0.4 is 10.2 Å². The number of likely N-dealkylation sites (N-methyl/N-ethyl adjacent to an activating group) is 2. The molecule has 35 heavy (non-hydrogen) atoms. The molecule has 7 nitrogen and oxygen atoms in total. The lowest BCUT2D eigenvalue weighted by molar-refractivity contribution is 0.0602. The highest BCUT2D eigenvalue weighted by Crippen LogP contribution is 2.27. The first kappa shape index (κ1) is 26.7. The van der Waals surface area contributed by atoms with Gasteiger partial charge in [-0.05, 0) is 75.3 Å². The van der Waals surface area contributed by atoms with Gasteiger partial charge in [-0.25, -0.2) is 4.79 Å². The molecule has 0 radical (unpaired) electrons. The molecule has 0 spiro atoms. The van der Waals surface area contributed by atoms with E-state index < -0.39 is 5.97 Å².